The lowest BCUT2D eigenvalue weighted by molar-refractivity contribution is -0.00918. The van der Waals surface area contributed by atoms with Gasteiger partial charge in [0.05, 0.1) is 5.60 Å². The van der Waals surface area contributed by atoms with Gasteiger partial charge in [0, 0.05) is 38.3 Å². The van der Waals surface area contributed by atoms with Gasteiger partial charge < -0.3 is 10.1 Å². The lowest BCUT2D eigenvalue weighted by Gasteiger charge is -2.48. The number of hydrogen-bond donors (Lipinski definition) is 1. The van der Waals surface area contributed by atoms with E-state index in [0.29, 0.717) is 5.54 Å². The molecule has 0 spiro atoms. The zero-order chi connectivity index (χ0) is 14.8. The summed E-state index contributed by atoms with van der Waals surface area (Å²) in [5, 5.41) is 3.87. The van der Waals surface area contributed by atoms with Crippen LogP contribution < -0.4 is 5.32 Å². The third-order valence-electron chi connectivity index (χ3n) is 5.73. The van der Waals surface area contributed by atoms with Gasteiger partial charge in [0.15, 0.2) is 0 Å². The van der Waals surface area contributed by atoms with Crippen LogP contribution in [-0.4, -0.2) is 48.8 Å². The SMILES string of the molecule is CCC1(CC)CN(CCC(C)(C)OC)C(C2CC2)CN1. The Bertz CT molecular complexity index is 308. The van der Waals surface area contributed by atoms with Crippen molar-refractivity contribution in [1.82, 2.24) is 10.2 Å². The Balaban J connectivity index is 1.99. The molecule has 20 heavy (non-hydrogen) atoms. The van der Waals surface area contributed by atoms with E-state index in [9.17, 15) is 0 Å². The zero-order valence-electron chi connectivity index (χ0n) is 14.2. The number of hydrogen-bond acceptors (Lipinski definition) is 3. The highest BCUT2D eigenvalue weighted by molar-refractivity contribution is 5.01. The fourth-order valence-corrected chi connectivity index (χ4v) is 3.44. The molecule has 3 heteroatoms. The Morgan fingerprint density at radius 3 is 2.40 bits per heavy atom. The van der Waals surface area contributed by atoms with E-state index >= 15 is 0 Å². The van der Waals surface area contributed by atoms with Crippen molar-refractivity contribution in [2.45, 2.75) is 77.0 Å². The molecule has 1 aliphatic carbocycles. The Hall–Kier alpha value is -0.120. The first kappa shape index (κ1) is 16.3. The number of nitrogens with one attached hydrogen (secondary N) is 1. The Kier molecular flexibility index (Phi) is 5.14. The van der Waals surface area contributed by atoms with Gasteiger partial charge in [-0.25, -0.2) is 0 Å². The summed E-state index contributed by atoms with van der Waals surface area (Å²) in [7, 11) is 1.83. The molecular formula is C17H34N2O. The summed E-state index contributed by atoms with van der Waals surface area (Å²) < 4.78 is 5.60. The van der Waals surface area contributed by atoms with E-state index in [2.05, 4.69) is 37.9 Å². The molecule has 0 radical (unpaired) electrons. The lowest BCUT2D eigenvalue weighted by atomic mass is 9.87. The fraction of sp³-hybridized carbons (Fsp3) is 1.00. The van der Waals surface area contributed by atoms with Crippen molar-refractivity contribution in [3.8, 4) is 0 Å². The number of ether oxygens (including phenoxy) is 1. The van der Waals surface area contributed by atoms with Crippen molar-refractivity contribution < 1.29 is 4.74 Å². The second-order valence-corrected chi connectivity index (χ2v) is 7.46. The minimum absolute atomic E-state index is 0.0000654. The number of nitrogens with zero attached hydrogens (tertiary/aromatic N) is 1. The summed E-state index contributed by atoms with van der Waals surface area (Å²) in [6.07, 6.45) is 6.44. The van der Waals surface area contributed by atoms with Crippen molar-refractivity contribution in [2.75, 3.05) is 26.7 Å². The highest BCUT2D eigenvalue weighted by Crippen LogP contribution is 2.38. The largest absolute Gasteiger partial charge is 0.379 e. The van der Waals surface area contributed by atoms with Crippen LogP contribution in [0.5, 0.6) is 0 Å². The average Bonchev–Trinajstić information content (AvgIpc) is 3.29. The lowest BCUT2D eigenvalue weighted by Crippen LogP contribution is -2.64. The highest BCUT2D eigenvalue weighted by Gasteiger charge is 2.43. The molecule has 1 unspecified atom stereocenters. The second-order valence-electron chi connectivity index (χ2n) is 7.46. The van der Waals surface area contributed by atoms with Crippen LogP contribution in [0.25, 0.3) is 0 Å². The first-order valence-corrected chi connectivity index (χ1v) is 8.49. The molecule has 1 heterocycles. The van der Waals surface area contributed by atoms with Gasteiger partial charge in [0.1, 0.15) is 0 Å². The third kappa shape index (κ3) is 3.75. The highest BCUT2D eigenvalue weighted by atomic mass is 16.5. The van der Waals surface area contributed by atoms with Gasteiger partial charge in [-0.1, -0.05) is 13.8 Å². The van der Waals surface area contributed by atoms with E-state index < -0.39 is 0 Å². The number of piperazine rings is 1. The summed E-state index contributed by atoms with van der Waals surface area (Å²) in [4.78, 5) is 2.77. The van der Waals surface area contributed by atoms with E-state index in [-0.39, 0.29) is 5.60 Å². The first-order chi connectivity index (χ1) is 9.45. The summed E-state index contributed by atoms with van der Waals surface area (Å²) in [5.74, 6) is 0.944. The molecule has 1 saturated carbocycles. The Labute approximate surface area is 125 Å². The van der Waals surface area contributed by atoms with Crippen LogP contribution in [0.4, 0.5) is 0 Å². The van der Waals surface area contributed by atoms with E-state index in [0.717, 1.165) is 18.4 Å². The van der Waals surface area contributed by atoms with Crippen molar-refractivity contribution in [2.24, 2.45) is 5.92 Å². The maximum absolute atomic E-state index is 5.60. The Morgan fingerprint density at radius 2 is 1.90 bits per heavy atom. The van der Waals surface area contributed by atoms with Gasteiger partial charge in [-0.2, -0.15) is 0 Å². The molecule has 0 aromatic carbocycles. The van der Waals surface area contributed by atoms with Crippen LogP contribution in [0, 0.1) is 5.92 Å². The van der Waals surface area contributed by atoms with Crippen LogP contribution in [0.3, 0.4) is 0 Å². The molecule has 0 aromatic heterocycles. The summed E-state index contributed by atoms with van der Waals surface area (Å²) in [6, 6.07) is 0.758. The normalized spacial score (nSPS) is 27.8. The smallest absolute Gasteiger partial charge is 0.0634 e. The zero-order valence-corrected chi connectivity index (χ0v) is 14.2. The van der Waals surface area contributed by atoms with Gasteiger partial charge in [-0.15, -0.1) is 0 Å². The van der Waals surface area contributed by atoms with Crippen molar-refractivity contribution >= 4 is 0 Å². The monoisotopic (exact) mass is 282 g/mol. The van der Waals surface area contributed by atoms with E-state index in [4.69, 9.17) is 4.74 Å². The molecule has 1 atom stereocenters. The summed E-state index contributed by atoms with van der Waals surface area (Å²) in [5.41, 5.74) is 0.336. The van der Waals surface area contributed by atoms with E-state index in [1.807, 2.05) is 7.11 Å². The van der Waals surface area contributed by atoms with Crippen molar-refractivity contribution in [1.29, 1.82) is 0 Å². The van der Waals surface area contributed by atoms with Crippen LogP contribution in [-0.2, 0) is 4.74 Å². The van der Waals surface area contributed by atoms with Gasteiger partial charge in [0.25, 0.3) is 0 Å². The van der Waals surface area contributed by atoms with Crippen molar-refractivity contribution in [3.05, 3.63) is 0 Å². The number of rotatable bonds is 7. The maximum atomic E-state index is 5.60. The van der Waals surface area contributed by atoms with Crippen LogP contribution >= 0.6 is 0 Å². The molecule has 0 aromatic rings. The summed E-state index contributed by atoms with van der Waals surface area (Å²) >= 11 is 0. The van der Waals surface area contributed by atoms with Gasteiger partial charge in [-0.3, -0.25) is 4.90 Å². The van der Waals surface area contributed by atoms with Crippen LogP contribution in [0.1, 0.15) is 59.8 Å². The predicted octanol–water partition coefficient (Wildman–Crippen LogP) is 3.04. The molecule has 2 aliphatic rings. The van der Waals surface area contributed by atoms with E-state index in [1.165, 1.54) is 45.3 Å². The fourth-order valence-electron chi connectivity index (χ4n) is 3.44. The molecule has 2 rings (SSSR count). The topological polar surface area (TPSA) is 24.5 Å². The quantitative estimate of drug-likeness (QED) is 0.777. The average molecular weight is 282 g/mol. The van der Waals surface area contributed by atoms with Gasteiger partial charge in [0.2, 0.25) is 0 Å². The van der Waals surface area contributed by atoms with Gasteiger partial charge in [-0.05, 0) is 51.9 Å². The third-order valence-corrected chi connectivity index (χ3v) is 5.73. The molecule has 1 saturated heterocycles. The van der Waals surface area contributed by atoms with Crippen LogP contribution in [0.15, 0.2) is 0 Å². The molecular weight excluding hydrogens is 248 g/mol. The molecule has 1 aliphatic heterocycles. The molecule has 1 N–H and O–H groups in total. The first-order valence-electron chi connectivity index (χ1n) is 8.49. The standard InChI is InChI=1S/C17H34N2O/c1-6-17(7-2)13-19(11-10-16(3,4)20-5)15(12-18-17)14-8-9-14/h14-15,18H,6-13H2,1-5H3. The minimum atomic E-state index is 0.0000654. The maximum Gasteiger partial charge on any atom is 0.0634 e. The molecule has 0 bridgehead atoms. The molecule has 118 valence electrons. The molecule has 2 fully saturated rings. The number of methoxy groups -OCH3 is 1. The minimum Gasteiger partial charge on any atom is -0.379 e. The summed E-state index contributed by atoms with van der Waals surface area (Å²) in [6.45, 7) is 12.6. The molecule has 3 nitrogen and oxygen atoms in total. The Morgan fingerprint density at radius 1 is 1.25 bits per heavy atom. The van der Waals surface area contributed by atoms with Gasteiger partial charge >= 0.3 is 0 Å². The van der Waals surface area contributed by atoms with E-state index in [1.54, 1.807) is 0 Å². The molecule has 0 amide bonds. The van der Waals surface area contributed by atoms with Crippen LogP contribution in [0.2, 0.25) is 0 Å². The van der Waals surface area contributed by atoms with Crippen molar-refractivity contribution in [3.63, 3.8) is 0 Å². The predicted molar refractivity (Wildman–Crippen MR) is 85.1 cm³/mol. The second kappa shape index (κ2) is 6.33.